The zero-order valence-corrected chi connectivity index (χ0v) is 15.2. The molecule has 0 spiro atoms. The van der Waals surface area contributed by atoms with E-state index in [1.807, 2.05) is 61.5 Å². The van der Waals surface area contributed by atoms with Crippen molar-refractivity contribution < 1.29 is 14.3 Å². The lowest BCUT2D eigenvalue weighted by Gasteiger charge is -2.21. The van der Waals surface area contributed by atoms with Crippen LogP contribution in [0.25, 0.3) is 0 Å². The molecular weight excluding hydrogens is 328 g/mol. The average molecular weight is 352 g/mol. The minimum absolute atomic E-state index is 0.00105. The highest BCUT2D eigenvalue weighted by Gasteiger charge is 2.36. The van der Waals surface area contributed by atoms with Crippen LogP contribution in [0.4, 0.5) is 5.69 Å². The first-order chi connectivity index (χ1) is 12.5. The van der Waals surface area contributed by atoms with Crippen LogP contribution in [-0.2, 0) is 9.59 Å². The molecule has 5 heteroatoms. The van der Waals surface area contributed by atoms with Gasteiger partial charge in [-0.2, -0.15) is 0 Å². The maximum absolute atomic E-state index is 12.7. The molecule has 2 amide bonds. The van der Waals surface area contributed by atoms with Gasteiger partial charge in [0.15, 0.2) is 0 Å². The van der Waals surface area contributed by atoms with E-state index in [0.29, 0.717) is 19.7 Å². The van der Waals surface area contributed by atoms with Crippen LogP contribution in [-0.4, -0.2) is 43.5 Å². The van der Waals surface area contributed by atoms with E-state index in [2.05, 4.69) is 0 Å². The molecule has 1 fully saturated rings. The van der Waals surface area contributed by atoms with Crippen molar-refractivity contribution in [3.8, 4) is 5.75 Å². The van der Waals surface area contributed by atoms with Crippen molar-refractivity contribution in [3.05, 3.63) is 60.2 Å². The molecular formula is C21H24N2O3. The molecule has 26 heavy (non-hydrogen) atoms. The normalized spacial score (nSPS) is 16.6. The number of anilines is 1. The third-order valence-electron chi connectivity index (χ3n) is 4.63. The van der Waals surface area contributed by atoms with E-state index in [9.17, 15) is 9.59 Å². The van der Waals surface area contributed by atoms with E-state index in [1.165, 1.54) is 0 Å². The van der Waals surface area contributed by atoms with E-state index in [-0.39, 0.29) is 24.2 Å². The second-order valence-corrected chi connectivity index (χ2v) is 6.66. The number of amides is 2. The molecule has 1 heterocycles. The van der Waals surface area contributed by atoms with Crippen LogP contribution in [0.1, 0.15) is 12.0 Å². The number of ether oxygens (including phenoxy) is 1. The molecule has 5 nitrogen and oxygen atoms in total. The Hall–Kier alpha value is -2.82. The summed E-state index contributed by atoms with van der Waals surface area (Å²) in [4.78, 5) is 28.3. The number of para-hydroxylation sites is 1. The van der Waals surface area contributed by atoms with Crippen LogP contribution in [0.5, 0.6) is 5.75 Å². The molecule has 2 aromatic carbocycles. The average Bonchev–Trinajstić information content (AvgIpc) is 3.04. The molecule has 0 bridgehead atoms. The monoisotopic (exact) mass is 352 g/mol. The molecule has 0 aliphatic carbocycles. The van der Waals surface area contributed by atoms with Gasteiger partial charge in [-0.1, -0.05) is 35.9 Å². The number of nitrogens with zero attached hydrogens (tertiary/aromatic N) is 2. The summed E-state index contributed by atoms with van der Waals surface area (Å²) in [5.41, 5.74) is 2.00. The van der Waals surface area contributed by atoms with Gasteiger partial charge >= 0.3 is 0 Å². The molecule has 0 aromatic heterocycles. The minimum Gasteiger partial charge on any atom is -0.492 e. The van der Waals surface area contributed by atoms with E-state index in [1.54, 1.807) is 16.8 Å². The number of likely N-dealkylation sites (N-methyl/N-ethyl adjacent to an activating group) is 1. The number of carbonyl (C=O) groups excluding carboxylic acids is 2. The third-order valence-corrected chi connectivity index (χ3v) is 4.63. The highest BCUT2D eigenvalue weighted by Crippen LogP contribution is 2.26. The maximum Gasteiger partial charge on any atom is 0.227 e. The zero-order valence-electron chi connectivity index (χ0n) is 15.2. The Balaban J connectivity index is 1.52. The largest absolute Gasteiger partial charge is 0.492 e. The number of carbonyl (C=O) groups is 2. The fraction of sp³-hybridized carbons (Fsp3) is 0.333. The second kappa shape index (κ2) is 8.04. The van der Waals surface area contributed by atoms with Gasteiger partial charge in [0.05, 0.1) is 12.5 Å². The van der Waals surface area contributed by atoms with Crippen LogP contribution in [0.2, 0.25) is 0 Å². The molecule has 1 aliphatic rings. The summed E-state index contributed by atoms with van der Waals surface area (Å²) >= 11 is 0. The Kier molecular flexibility index (Phi) is 5.56. The van der Waals surface area contributed by atoms with Gasteiger partial charge in [-0.25, -0.2) is 0 Å². The lowest BCUT2D eigenvalue weighted by molar-refractivity contribution is -0.134. The maximum atomic E-state index is 12.7. The summed E-state index contributed by atoms with van der Waals surface area (Å²) in [7, 11) is 1.76. The standard InChI is InChI=1S/C21H24N2O3/c1-16-8-10-18(11-9-16)23-15-17(14-20(23)24)21(25)22(2)12-13-26-19-6-4-3-5-7-19/h3-11,17H,12-15H2,1-2H3. The predicted octanol–water partition coefficient (Wildman–Crippen LogP) is 2.89. The highest BCUT2D eigenvalue weighted by atomic mass is 16.5. The molecule has 0 saturated carbocycles. The zero-order chi connectivity index (χ0) is 18.5. The Morgan fingerprint density at radius 2 is 1.85 bits per heavy atom. The summed E-state index contributed by atoms with van der Waals surface area (Å²) < 4.78 is 5.64. The van der Waals surface area contributed by atoms with E-state index in [0.717, 1.165) is 17.0 Å². The summed E-state index contributed by atoms with van der Waals surface area (Å²) in [5, 5.41) is 0. The van der Waals surface area contributed by atoms with Crippen molar-refractivity contribution in [2.45, 2.75) is 13.3 Å². The van der Waals surface area contributed by atoms with Crippen LogP contribution in [0, 0.1) is 12.8 Å². The van der Waals surface area contributed by atoms with Crippen LogP contribution < -0.4 is 9.64 Å². The summed E-state index contributed by atoms with van der Waals surface area (Å²) in [5.74, 6) is 0.478. The summed E-state index contributed by atoms with van der Waals surface area (Å²) in [6.07, 6.45) is 0.261. The Bertz CT molecular complexity index is 759. The van der Waals surface area contributed by atoms with E-state index < -0.39 is 0 Å². The van der Waals surface area contributed by atoms with Crippen molar-refractivity contribution in [2.24, 2.45) is 5.92 Å². The topological polar surface area (TPSA) is 49.9 Å². The molecule has 0 radical (unpaired) electrons. The van der Waals surface area contributed by atoms with E-state index >= 15 is 0 Å². The van der Waals surface area contributed by atoms with Gasteiger partial charge in [0, 0.05) is 25.7 Å². The molecule has 1 unspecified atom stereocenters. The smallest absolute Gasteiger partial charge is 0.227 e. The lowest BCUT2D eigenvalue weighted by atomic mass is 10.1. The molecule has 136 valence electrons. The van der Waals surface area contributed by atoms with Gasteiger partial charge in [-0.3, -0.25) is 9.59 Å². The highest BCUT2D eigenvalue weighted by molar-refractivity contribution is 6.00. The molecule has 1 aliphatic heterocycles. The van der Waals surface area contributed by atoms with Crippen LogP contribution >= 0.6 is 0 Å². The number of hydrogen-bond acceptors (Lipinski definition) is 3. The number of hydrogen-bond donors (Lipinski definition) is 0. The van der Waals surface area contributed by atoms with Crippen molar-refractivity contribution >= 4 is 17.5 Å². The Morgan fingerprint density at radius 3 is 2.54 bits per heavy atom. The van der Waals surface area contributed by atoms with Gasteiger partial charge in [-0.15, -0.1) is 0 Å². The SMILES string of the molecule is Cc1ccc(N2CC(C(=O)N(C)CCOc3ccccc3)CC2=O)cc1. The quantitative estimate of drug-likeness (QED) is 0.803. The Labute approximate surface area is 154 Å². The fourth-order valence-electron chi connectivity index (χ4n) is 3.09. The number of aryl methyl sites for hydroxylation is 1. The molecule has 1 atom stereocenters. The van der Waals surface area contributed by atoms with Crippen LogP contribution in [0.3, 0.4) is 0 Å². The molecule has 0 N–H and O–H groups in total. The van der Waals surface area contributed by atoms with Gasteiger partial charge < -0.3 is 14.5 Å². The minimum atomic E-state index is -0.300. The van der Waals surface area contributed by atoms with Crippen molar-refractivity contribution in [3.63, 3.8) is 0 Å². The molecule has 3 rings (SSSR count). The number of rotatable bonds is 6. The summed E-state index contributed by atoms with van der Waals surface area (Å²) in [6, 6.07) is 17.3. The molecule has 2 aromatic rings. The number of benzene rings is 2. The first-order valence-electron chi connectivity index (χ1n) is 8.84. The Morgan fingerprint density at radius 1 is 1.15 bits per heavy atom. The first kappa shape index (κ1) is 18.0. The van der Waals surface area contributed by atoms with Gasteiger partial charge in [-0.05, 0) is 31.2 Å². The lowest BCUT2D eigenvalue weighted by Crippen LogP contribution is -2.37. The second-order valence-electron chi connectivity index (χ2n) is 6.66. The van der Waals surface area contributed by atoms with Crippen LogP contribution in [0.15, 0.2) is 54.6 Å². The molecule has 1 saturated heterocycles. The summed E-state index contributed by atoms with van der Waals surface area (Å²) in [6.45, 7) is 3.36. The van der Waals surface area contributed by atoms with Gasteiger partial charge in [0.25, 0.3) is 0 Å². The van der Waals surface area contributed by atoms with Crippen molar-refractivity contribution in [1.29, 1.82) is 0 Å². The third kappa shape index (κ3) is 4.23. The fourth-order valence-corrected chi connectivity index (χ4v) is 3.09. The predicted molar refractivity (Wildman–Crippen MR) is 101 cm³/mol. The van der Waals surface area contributed by atoms with E-state index in [4.69, 9.17) is 4.74 Å². The van der Waals surface area contributed by atoms with Crippen molar-refractivity contribution in [2.75, 3.05) is 31.6 Å². The van der Waals surface area contributed by atoms with Gasteiger partial charge in [0.1, 0.15) is 12.4 Å². The van der Waals surface area contributed by atoms with Gasteiger partial charge in [0.2, 0.25) is 11.8 Å². The van der Waals surface area contributed by atoms with Crippen molar-refractivity contribution in [1.82, 2.24) is 4.90 Å². The first-order valence-corrected chi connectivity index (χ1v) is 8.84.